The lowest BCUT2D eigenvalue weighted by molar-refractivity contribution is -0.124. The van der Waals surface area contributed by atoms with Crippen molar-refractivity contribution in [2.45, 2.75) is 25.3 Å². The van der Waals surface area contributed by atoms with E-state index in [1.807, 2.05) is 13.0 Å². The highest BCUT2D eigenvalue weighted by atomic mass is 35.5. The number of amides is 1. The van der Waals surface area contributed by atoms with Crippen LogP contribution in [0.25, 0.3) is 0 Å². The SMILES string of the molecule is Cc1c(Cl)cccc1NC(=O)C1(N)CCOCC1. The molecule has 1 saturated heterocycles. The highest BCUT2D eigenvalue weighted by Crippen LogP contribution is 2.25. The smallest absolute Gasteiger partial charge is 0.244 e. The third-order valence-electron chi connectivity index (χ3n) is 3.35. The zero-order chi connectivity index (χ0) is 13.2. The molecule has 0 atom stereocenters. The Morgan fingerprint density at radius 2 is 2.11 bits per heavy atom. The number of anilines is 1. The van der Waals surface area contributed by atoms with Gasteiger partial charge in [-0.1, -0.05) is 17.7 Å². The Morgan fingerprint density at radius 1 is 1.44 bits per heavy atom. The van der Waals surface area contributed by atoms with Crippen LogP contribution in [-0.4, -0.2) is 24.7 Å². The number of hydrogen-bond donors (Lipinski definition) is 2. The number of carbonyl (C=O) groups excluding carboxylic acids is 1. The molecule has 0 bridgehead atoms. The Morgan fingerprint density at radius 3 is 2.78 bits per heavy atom. The van der Waals surface area contributed by atoms with E-state index in [-0.39, 0.29) is 5.91 Å². The van der Waals surface area contributed by atoms with Crippen molar-refractivity contribution in [3.63, 3.8) is 0 Å². The molecule has 0 aliphatic carbocycles. The van der Waals surface area contributed by atoms with Gasteiger partial charge in [-0.2, -0.15) is 0 Å². The number of halogens is 1. The van der Waals surface area contributed by atoms with Gasteiger partial charge in [0.15, 0.2) is 0 Å². The minimum absolute atomic E-state index is 0.170. The van der Waals surface area contributed by atoms with Crippen LogP contribution in [0.15, 0.2) is 18.2 Å². The van der Waals surface area contributed by atoms with Gasteiger partial charge in [0.25, 0.3) is 0 Å². The zero-order valence-corrected chi connectivity index (χ0v) is 11.1. The zero-order valence-electron chi connectivity index (χ0n) is 10.3. The van der Waals surface area contributed by atoms with E-state index in [1.165, 1.54) is 0 Å². The molecular weight excluding hydrogens is 252 g/mol. The van der Waals surface area contributed by atoms with Crippen LogP contribution in [0.1, 0.15) is 18.4 Å². The molecule has 1 aliphatic rings. The van der Waals surface area contributed by atoms with Crippen LogP contribution in [0.5, 0.6) is 0 Å². The van der Waals surface area contributed by atoms with Crippen molar-refractivity contribution >= 4 is 23.2 Å². The molecule has 1 aromatic carbocycles. The highest BCUT2D eigenvalue weighted by molar-refractivity contribution is 6.31. The third-order valence-corrected chi connectivity index (χ3v) is 3.76. The van der Waals surface area contributed by atoms with E-state index in [1.54, 1.807) is 12.1 Å². The third kappa shape index (κ3) is 2.66. The minimum atomic E-state index is -0.840. The molecule has 0 spiro atoms. The number of rotatable bonds is 2. The normalized spacial score (nSPS) is 18.4. The lowest BCUT2D eigenvalue weighted by Crippen LogP contribution is -2.54. The van der Waals surface area contributed by atoms with E-state index in [0.29, 0.717) is 36.8 Å². The lowest BCUT2D eigenvalue weighted by Gasteiger charge is -2.32. The number of nitrogens with two attached hydrogens (primary N) is 1. The Labute approximate surface area is 111 Å². The van der Waals surface area contributed by atoms with Crippen LogP contribution in [0.4, 0.5) is 5.69 Å². The predicted octanol–water partition coefficient (Wildman–Crippen LogP) is 2.09. The minimum Gasteiger partial charge on any atom is -0.381 e. The van der Waals surface area contributed by atoms with E-state index in [2.05, 4.69) is 5.32 Å². The van der Waals surface area contributed by atoms with Gasteiger partial charge in [0, 0.05) is 23.9 Å². The van der Waals surface area contributed by atoms with Crippen molar-refractivity contribution < 1.29 is 9.53 Å². The van der Waals surface area contributed by atoms with E-state index < -0.39 is 5.54 Å². The van der Waals surface area contributed by atoms with Crippen LogP contribution < -0.4 is 11.1 Å². The molecule has 1 fully saturated rings. The largest absolute Gasteiger partial charge is 0.381 e. The summed E-state index contributed by atoms with van der Waals surface area (Å²) in [5.41, 5.74) is 6.84. The summed E-state index contributed by atoms with van der Waals surface area (Å²) in [6.07, 6.45) is 1.08. The molecule has 0 unspecified atom stereocenters. The van der Waals surface area contributed by atoms with Gasteiger partial charge < -0.3 is 15.8 Å². The van der Waals surface area contributed by atoms with Gasteiger partial charge in [-0.15, -0.1) is 0 Å². The van der Waals surface area contributed by atoms with Crippen LogP contribution in [0.2, 0.25) is 5.02 Å². The molecule has 0 aromatic heterocycles. The number of carbonyl (C=O) groups is 1. The first-order valence-electron chi connectivity index (χ1n) is 5.96. The summed E-state index contributed by atoms with van der Waals surface area (Å²) in [5, 5.41) is 3.49. The van der Waals surface area contributed by atoms with E-state index in [4.69, 9.17) is 22.1 Å². The fourth-order valence-electron chi connectivity index (χ4n) is 1.95. The average molecular weight is 269 g/mol. The van der Waals surface area contributed by atoms with Crippen molar-refractivity contribution in [3.8, 4) is 0 Å². The van der Waals surface area contributed by atoms with Gasteiger partial charge >= 0.3 is 0 Å². The summed E-state index contributed by atoms with van der Waals surface area (Å²) in [4.78, 5) is 12.2. The fraction of sp³-hybridized carbons (Fsp3) is 0.462. The maximum atomic E-state index is 12.2. The Hall–Kier alpha value is -1.10. The van der Waals surface area contributed by atoms with Crippen molar-refractivity contribution in [2.24, 2.45) is 5.73 Å². The van der Waals surface area contributed by atoms with E-state index >= 15 is 0 Å². The van der Waals surface area contributed by atoms with Crippen LogP contribution in [-0.2, 0) is 9.53 Å². The first-order chi connectivity index (χ1) is 8.53. The van der Waals surface area contributed by atoms with Gasteiger partial charge in [0.2, 0.25) is 5.91 Å². The van der Waals surface area contributed by atoms with Crippen molar-refractivity contribution in [2.75, 3.05) is 18.5 Å². The summed E-state index contributed by atoms with van der Waals surface area (Å²) in [6.45, 7) is 2.92. The second-order valence-electron chi connectivity index (χ2n) is 4.64. The maximum Gasteiger partial charge on any atom is 0.244 e. The molecule has 1 aromatic rings. The summed E-state index contributed by atoms with van der Waals surface area (Å²) in [7, 11) is 0. The first-order valence-corrected chi connectivity index (χ1v) is 6.34. The molecule has 2 rings (SSSR count). The molecule has 1 amide bonds. The maximum absolute atomic E-state index is 12.2. The number of ether oxygens (including phenoxy) is 1. The molecule has 1 aliphatic heterocycles. The van der Waals surface area contributed by atoms with Gasteiger partial charge in [-0.3, -0.25) is 4.79 Å². The molecule has 0 radical (unpaired) electrons. The lowest BCUT2D eigenvalue weighted by atomic mass is 9.90. The van der Waals surface area contributed by atoms with E-state index in [0.717, 1.165) is 5.56 Å². The molecule has 1 heterocycles. The van der Waals surface area contributed by atoms with Gasteiger partial charge in [-0.25, -0.2) is 0 Å². The van der Waals surface area contributed by atoms with Crippen molar-refractivity contribution in [3.05, 3.63) is 28.8 Å². The number of benzene rings is 1. The summed E-state index contributed by atoms with van der Waals surface area (Å²) in [6, 6.07) is 5.42. The highest BCUT2D eigenvalue weighted by Gasteiger charge is 2.36. The standard InChI is InChI=1S/C13H17ClN2O2/c1-9-10(14)3-2-4-11(9)16-12(17)13(15)5-7-18-8-6-13/h2-4H,5-8,15H2,1H3,(H,16,17). The van der Waals surface area contributed by atoms with Gasteiger partial charge in [-0.05, 0) is 37.5 Å². The monoisotopic (exact) mass is 268 g/mol. The fourth-order valence-corrected chi connectivity index (χ4v) is 2.13. The predicted molar refractivity (Wildman–Crippen MR) is 71.8 cm³/mol. The second-order valence-corrected chi connectivity index (χ2v) is 5.04. The second kappa shape index (κ2) is 5.26. The van der Waals surface area contributed by atoms with Crippen LogP contribution in [0, 0.1) is 6.92 Å². The van der Waals surface area contributed by atoms with Crippen molar-refractivity contribution in [1.82, 2.24) is 0 Å². The summed E-state index contributed by atoms with van der Waals surface area (Å²) >= 11 is 6.02. The molecule has 18 heavy (non-hydrogen) atoms. The van der Waals surface area contributed by atoms with E-state index in [9.17, 15) is 4.79 Å². The van der Waals surface area contributed by atoms with Crippen LogP contribution in [0.3, 0.4) is 0 Å². The Balaban J connectivity index is 2.13. The summed E-state index contributed by atoms with van der Waals surface area (Å²) in [5.74, 6) is -0.170. The molecular formula is C13H17ClN2O2. The van der Waals surface area contributed by atoms with Crippen LogP contribution >= 0.6 is 11.6 Å². The molecule has 0 saturated carbocycles. The average Bonchev–Trinajstić information content (AvgIpc) is 2.36. The van der Waals surface area contributed by atoms with Gasteiger partial charge in [0.1, 0.15) is 5.54 Å². The number of nitrogens with one attached hydrogen (secondary N) is 1. The molecule has 5 heteroatoms. The quantitative estimate of drug-likeness (QED) is 0.863. The van der Waals surface area contributed by atoms with Crippen molar-refractivity contribution in [1.29, 1.82) is 0 Å². The Kier molecular flexibility index (Phi) is 3.90. The molecule has 98 valence electrons. The van der Waals surface area contributed by atoms with Gasteiger partial charge in [0.05, 0.1) is 0 Å². The molecule has 3 N–H and O–H groups in total. The summed E-state index contributed by atoms with van der Waals surface area (Å²) < 4.78 is 5.23. The Bertz CT molecular complexity index is 456. The first kappa shape index (κ1) is 13.3. The topological polar surface area (TPSA) is 64.4 Å². The molecule has 4 nitrogen and oxygen atoms in total. The number of hydrogen-bond acceptors (Lipinski definition) is 3.